The van der Waals surface area contributed by atoms with Gasteiger partial charge in [0.2, 0.25) is 0 Å². The quantitative estimate of drug-likeness (QED) is 0.398. The summed E-state index contributed by atoms with van der Waals surface area (Å²) in [5.74, 6) is -0.415. The van der Waals surface area contributed by atoms with Gasteiger partial charge in [0.15, 0.2) is 0 Å². The Morgan fingerprint density at radius 1 is 1.11 bits per heavy atom. The molecule has 3 heterocycles. The van der Waals surface area contributed by atoms with Gasteiger partial charge in [0.1, 0.15) is 17.0 Å². The van der Waals surface area contributed by atoms with Crippen molar-refractivity contribution in [2.24, 2.45) is 0 Å². The highest BCUT2D eigenvalue weighted by molar-refractivity contribution is 6.14. The molecular weight excluding hydrogens is 345 g/mol. The van der Waals surface area contributed by atoms with Crippen molar-refractivity contribution < 1.29 is 4.39 Å². The number of rotatable bonds is 1. The van der Waals surface area contributed by atoms with Crippen LogP contribution in [0.5, 0.6) is 0 Å². The van der Waals surface area contributed by atoms with Crippen molar-refractivity contribution in [1.29, 1.82) is 0 Å². The van der Waals surface area contributed by atoms with Crippen LogP contribution in [-0.4, -0.2) is 20.2 Å². The van der Waals surface area contributed by atoms with Crippen LogP contribution in [0.25, 0.3) is 43.8 Å². The van der Waals surface area contributed by atoms with Gasteiger partial charge < -0.3 is 10.7 Å². The van der Waals surface area contributed by atoms with Gasteiger partial charge in [-0.25, -0.2) is 4.39 Å². The van der Waals surface area contributed by atoms with Gasteiger partial charge >= 0.3 is 0 Å². The molecule has 0 saturated carbocycles. The van der Waals surface area contributed by atoms with Crippen LogP contribution in [0.1, 0.15) is 5.56 Å². The van der Waals surface area contributed by atoms with Crippen molar-refractivity contribution in [1.82, 2.24) is 20.2 Å². The standard InChI is InChI=1S/C20H14FN5O/c1-9-7-12-15(11-4-5-14(21)17-13(11)8-24-26-17)16(22)20(27)25-19(12)18-10(9)3-2-6-23-18/h2-8H,22H2,1H3,(H,24,26)(H,25,27). The molecule has 3 aromatic heterocycles. The molecule has 0 radical (unpaired) electrons. The number of hydrogen-bond acceptors (Lipinski definition) is 4. The van der Waals surface area contributed by atoms with Crippen molar-refractivity contribution >= 4 is 38.4 Å². The summed E-state index contributed by atoms with van der Waals surface area (Å²) >= 11 is 0. The van der Waals surface area contributed by atoms with Crippen LogP contribution in [0.15, 0.2) is 47.5 Å². The van der Waals surface area contributed by atoms with Gasteiger partial charge in [-0.05, 0) is 36.2 Å². The van der Waals surface area contributed by atoms with E-state index in [-0.39, 0.29) is 11.2 Å². The maximum atomic E-state index is 14.1. The van der Waals surface area contributed by atoms with E-state index in [0.29, 0.717) is 27.5 Å². The second kappa shape index (κ2) is 5.38. The van der Waals surface area contributed by atoms with Crippen LogP contribution < -0.4 is 11.3 Å². The Bertz CT molecular complexity index is 1430. The molecule has 0 amide bonds. The van der Waals surface area contributed by atoms with E-state index < -0.39 is 11.4 Å². The van der Waals surface area contributed by atoms with Crippen LogP contribution in [0, 0.1) is 12.7 Å². The van der Waals surface area contributed by atoms with Gasteiger partial charge in [-0.2, -0.15) is 5.10 Å². The Hall–Kier alpha value is -3.74. The van der Waals surface area contributed by atoms with E-state index >= 15 is 0 Å². The van der Waals surface area contributed by atoms with Crippen LogP contribution in [0.2, 0.25) is 0 Å². The molecule has 0 spiro atoms. The van der Waals surface area contributed by atoms with Crippen LogP contribution >= 0.6 is 0 Å². The summed E-state index contributed by atoms with van der Waals surface area (Å²) in [5.41, 5.74) is 9.62. The minimum absolute atomic E-state index is 0.0753. The molecule has 2 aromatic carbocycles. The summed E-state index contributed by atoms with van der Waals surface area (Å²) in [4.78, 5) is 19.9. The van der Waals surface area contributed by atoms with Crippen molar-refractivity contribution in [2.45, 2.75) is 6.92 Å². The highest BCUT2D eigenvalue weighted by Gasteiger charge is 2.19. The van der Waals surface area contributed by atoms with E-state index in [1.807, 2.05) is 25.1 Å². The highest BCUT2D eigenvalue weighted by atomic mass is 19.1. The summed E-state index contributed by atoms with van der Waals surface area (Å²) < 4.78 is 14.1. The number of aromatic amines is 2. The first kappa shape index (κ1) is 15.5. The second-order valence-electron chi connectivity index (χ2n) is 6.51. The third kappa shape index (κ3) is 2.08. The van der Waals surface area contributed by atoms with E-state index in [0.717, 1.165) is 16.3 Å². The lowest BCUT2D eigenvalue weighted by molar-refractivity contribution is 0.636. The Morgan fingerprint density at radius 2 is 1.96 bits per heavy atom. The van der Waals surface area contributed by atoms with Crippen molar-refractivity contribution in [3.63, 3.8) is 0 Å². The fourth-order valence-electron chi connectivity index (χ4n) is 3.69. The fraction of sp³-hybridized carbons (Fsp3) is 0.0500. The summed E-state index contributed by atoms with van der Waals surface area (Å²) in [6, 6.07) is 8.74. The molecular formula is C20H14FN5O. The molecule has 5 aromatic rings. The number of anilines is 1. The Morgan fingerprint density at radius 3 is 2.81 bits per heavy atom. The molecule has 0 atom stereocenters. The van der Waals surface area contributed by atoms with Crippen molar-refractivity contribution in [2.75, 3.05) is 5.73 Å². The number of pyridine rings is 2. The molecule has 4 N–H and O–H groups in total. The Kier molecular flexibility index (Phi) is 3.09. The fourth-order valence-corrected chi connectivity index (χ4v) is 3.69. The number of H-pyrrole nitrogens is 2. The number of halogens is 1. The van der Waals surface area contributed by atoms with Gasteiger partial charge in [0.25, 0.3) is 5.56 Å². The average molecular weight is 359 g/mol. The molecule has 27 heavy (non-hydrogen) atoms. The number of benzene rings is 2. The molecule has 0 aliphatic rings. The topological polar surface area (TPSA) is 100 Å². The van der Waals surface area contributed by atoms with E-state index in [2.05, 4.69) is 20.2 Å². The predicted octanol–water partition coefficient (Wildman–Crippen LogP) is 3.65. The summed E-state index contributed by atoms with van der Waals surface area (Å²) in [6.45, 7) is 1.98. The summed E-state index contributed by atoms with van der Waals surface area (Å²) in [7, 11) is 0. The first-order valence-electron chi connectivity index (χ1n) is 8.38. The highest BCUT2D eigenvalue weighted by Crippen LogP contribution is 2.38. The molecule has 5 rings (SSSR count). The number of aromatic nitrogens is 4. The number of nitrogens with two attached hydrogens (primary N) is 1. The first-order chi connectivity index (χ1) is 13.1. The zero-order valence-electron chi connectivity index (χ0n) is 14.3. The second-order valence-corrected chi connectivity index (χ2v) is 6.51. The molecule has 0 aliphatic carbocycles. The SMILES string of the molecule is Cc1cc2c(-c3ccc(F)c4[nH]ncc34)c(N)c(=O)[nH]c2c2ncccc12. The minimum Gasteiger partial charge on any atom is -0.394 e. The van der Waals surface area contributed by atoms with Gasteiger partial charge in [0.05, 0.1) is 17.2 Å². The van der Waals surface area contributed by atoms with Gasteiger partial charge in [-0.1, -0.05) is 12.1 Å². The van der Waals surface area contributed by atoms with Crippen LogP contribution in [0.4, 0.5) is 10.1 Å². The zero-order valence-corrected chi connectivity index (χ0v) is 14.3. The molecule has 132 valence electrons. The number of hydrogen-bond donors (Lipinski definition) is 3. The first-order valence-corrected chi connectivity index (χ1v) is 8.38. The molecule has 0 saturated heterocycles. The van der Waals surface area contributed by atoms with Gasteiger partial charge in [0, 0.05) is 27.9 Å². The largest absolute Gasteiger partial charge is 0.394 e. The monoisotopic (exact) mass is 359 g/mol. The summed E-state index contributed by atoms with van der Waals surface area (Å²) in [5, 5.41) is 8.87. The maximum Gasteiger partial charge on any atom is 0.272 e. The molecule has 7 heteroatoms. The average Bonchev–Trinajstić information content (AvgIpc) is 3.16. The molecule has 6 nitrogen and oxygen atoms in total. The Labute approximate surface area is 151 Å². The third-order valence-corrected chi connectivity index (χ3v) is 4.96. The van der Waals surface area contributed by atoms with E-state index in [1.165, 1.54) is 12.3 Å². The number of aryl methyl sites for hydroxylation is 1. The van der Waals surface area contributed by atoms with Crippen molar-refractivity contribution in [3.8, 4) is 11.1 Å². The predicted molar refractivity (Wildman–Crippen MR) is 104 cm³/mol. The molecule has 0 bridgehead atoms. The smallest absolute Gasteiger partial charge is 0.272 e. The van der Waals surface area contributed by atoms with E-state index in [9.17, 15) is 9.18 Å². The summed E-state index contributed by atoms with van der Waals surface area (Å²) in [6.07, 6.45) is 3.22. The zero-order chi connectivity index (χ0) is 18.7. The molecule has 0 unspecified atom stereocenters. The number of nitrogens with one attached hydrogen (secondary N) is 2. The number of nitrogen functional groups attached to an aromatic ring is 1. The van der Waals surface area contributed by atoms with Crippen LogP contribution in [-0.2, 0) is 0 Å². The van der Waals surface area contributed by atoms with Gasteiger partial charge in [-0.15, -0.1) is 0 Å². The van der Waals surface area contributed by atoms with Crippen LogP contribution in [0.3, 0.4) is 0 Å². The lowest BCUT2D eigenvalue weighted by Crippen LogP contribution is -2.14. The number of nitrogens with zero attached hydrogens (tertiary/aromatic N) is 2. The molecule has 0 fully saturated rings. The Balaban J connectivity index is 2.03. The maximum absolute atomic E-state index is 14.1. The van der Waals surface area contributed by atoms with E-state index in [1.54, 1.807) is 12.3 Å². The lowest BCUT2D eigenvalue weighted by atomic mass is 9.94. The third-order valence-electron chi connectivity index (χ3n) is 4.96. The van der Waals surface area contributed by atoms with E-state index in [4.69, 9.17) is 5.73 Å². The molecule has 0 aliphatic heterocycles. The van der Waals surface area contributed by atoms with Gasteiger partial charge in [-0.3, -0.25) is 14.9 Å². The number of fused-ring (bicyclic) bond motifs is 4. The normalized spacial score (nSPS) is 11.6. The lowest BCUT2D eigenvalue weighted by Gasteiger charge is -2.14. The van der Waals surface area contributed by atoms with Crippen molar-refractivity contribution in [3.05, 3.63) is 64.5 Å². The minimum atomic E-state index is -0.415.